The van der Waals surface area contributed by atoms with Crippen LogP contribution in [0.4, 0.5) is 0 Å². The molecule has 8 heteroatoms. The Bertz CT molecular complexity index is 1340. The van der Waals surface area contributed by atoms with Gasteiger partial charge < -0.3 is 23.7 Å². The number of aliphatic hydroxyl groups excluding tert-OH is 1. The Morgan fingerprint density at radius 3 is 2.43 bits per heavy atom. The minimum Gasteiger partial charge on any atom is -0.492 e. The van der Waals surface area contributed by atoms with Gasteiger partial charge in [0.15, 0.2) is 5.76 Å². The van der Waals surface area contributed by atoms with Crippen LogP contribution in [0.25, 0.3) is 11.3 Å². The number of ether oxygens (including phenoxy) is 2. The molecule has 0 bridgehead atoms. The van der Waals surface area contributed by atoms with Crippen LogP contribution in [0.3, 0.4) is 0 Å². The Balaban J connectivity index is 1.14. The molecule has 0 saturated carbocycles. The average molecular weight is 499 g/mol. The van der Waals surface area contributed by atoms with Gasteiger partial charge in [0.1, 0.15) is 30.0 Å². The van der Waals surface area contributed by atoms with Gasteiger partial charge in [0.25, 0.3) is 0 Å². The van der Waals surface area contributed by atoms with Crippen molar-refractivity contribution in [2.45, 2.75) is 19.6 Å². The van der Waals surface area contributed by atoms with Crippen molar-refractivity contribution in [2.75, 3.05) is 39.5 Å². The second-order valence-corrected chi connectivity index (χ2v) is 8.93. The summed E-state index contributed by atoms with van der Waals surface area (Å²) in [6, 6.07) is 17.6. The second-order valence-electron chi connectivity index (χ2n) is 8.93. The van der Waals surface area contributed by atoms with Crippen molar-refractivity contribution < 1.29 is 19.1 Å². The Morgan fingerprint density at radius 1 is 1.03 bits per heavy atom. The summed E-state index contributed by atoms with van der Waals surface area (Å²) in [6.07, 6.45) is 2.84. The third kappa shape index (κ3) is 6.66. The van der Waals surface area contributed by atoms with Gasteiger partial charge in [-0.05, 0) is 55.5 Å². The molecule has 1 aliphatic rings. The number of rotatable bonds is 8. The SMILES string of the molecule is C[C@H](O)c1nccn1Cc1cc(-c2ccc(C#Cc3ccc(OCCN4CCOCC4)cc3)cc2)on1. The molecular weight excluding hydrogens is 468 g/mol. The molecule has 0 radical (unpaired) electrons. The first-order valence-corrected chi connectivity index (χ1v) is 12.4. The molecule has 0 spiro atoms. The van der Waals surface area contributed by atoms with Crippen molar-refractivity contribution in [1.82, 2.24) is 19.6 Å². The fraction of sp³-hybridized carbons (Fsp3) is 0.310. The number of hydrogen-bond donors (Lipinski definition) is 1. The topological polar surface area (TPSA) is 85.8 Å². The lowest BCUT2D eigenvalue weighted by Crippen LogP contribution is -2.38. The Morgan fingerprint density at radius 2 is 1.73 bits per heavy atom. The van der Waals surface area contributed by atoms with Crippen LogP contribution < -0.4 is 4.74 Å². The lowest BCUT2D eigenvalue weighted by atomic mass is 10.1. The molecule has 3 heterocycles. The Hall–Kier alpha value is -3.90. The van der Waals surface area contributed by atoms with E-state index in [4.69, 9.17) is 14.0 Å². The summed E-state index contributed by atoms with van der Waals surface area (Å²) in [6.45, 7) is 7.28. The molecule has 190 valence electrons. The van der Waals surface area contributed by atoms with E-state index in [0.29, 0.717) is 24.7 Å². The molecule has 1 aliphatic heterocycles. The lowest BCUT2D eigenvalue weighted by Gasteiger charge is -2.26. The molecule has 5 rings (SSSR count). The van der Waals surface area contributed by atoms with Crippen molar-refractivity contribution in [3.05, 3.63) is 89.6 Å². The zero-order chi connectivity index (χ0) is 25.5. The summed E-state index contributed by atoms with van der Waals surface area (Å²) in [5.74, 6) is 8.54. The predicted molar refractivity (Wildman–Crippen MR) is 139 cm³/mol. The maximum Gasteiger partial charge on any atom is 0.167 e. The first kappa shape index (κ1) is 24.8. The summed E-state index contributed by atoms with van der Waals surface area (Å²) in [5, 5.41) is 14.0. The minimum atomic E-state index is -0.646. The molecule has 2 aromatic carbocycles. The van der Waals surface area contributed by atoms with E-state index in [1.165, 1.54) is 0 Å². The van der Waals surface area contributed by atoms with Gasteiger partial charge in [0, 0.05) is 54.8 Å². The van der Waals surface area contributed by atoms with Crippen LogP contribution in [-0.2, 0) is 11.3 Å². The van der Waals surface area contributed by atoms with Crippen LogP contribution in [0.1, 0.15) is 35.7 Å². The normalized spacial score (nSPS) is 14.6. The molecule has 2 aromatic heterocycles. The molecule has 0 unspecified atom stereocenters. The molecule has 1 fully saturated rings. The van der Waals surface area contributed by atoms with Crippen LogP contribution in [0, 0.1) is 11.8 Å². The summed E-state index contributed by atoms with van der Waals surface area (Å²) >= 11 is 0. The first-order chi connectivity index (χ1) is 18.1. The molecule has 1 atom stereocenters. The van der Waals surface area contributed by atoms with E-state index < -0.39 is 6.10 Å². The molecular formula is C29H30N4O4. The van der Waals surface area contributed by atoms with Crippen LogP contribution in [0.15, 0.2) is 71.5 Å². The zero-order valence-corrected chi connectivity index (χ0v) is 20.8. The van der Waals surface area contributed by atoms with Crippen molar-refractivity contribution in [3.8, 4) is 28.9 Å². The number of aliphatic hydroxyl groups is 1. The minimum absolute atomic E-state index is 0.477. The van der Waals surface area contributed by atoms with E-state index >= 15 is 0 Å². The summed E-state index contributed by atoms with van der Waals surface area (Å²) < 4.78 is 18.6. The van der Waals surface area contributed by atoms with Gasteiger partial charge >= 0.3 is 0 Å². The Kier molecular flexibility index (Phi) is 7.96. The molecule has 0 amide bonds. The van der Waals surface area contributed by atoms with Gasteiger partial charge in [-0.15, -0.1) is 0 Å². The summed E-state index contributed by atoms with van der Waals surface area (Å²) in [4.78, 5) is 6.54. The second kappa shape index (κ2) is 11.9. The molecule has 37 heavy (non-hydrogen) atoms. The molecule has 8 nitrogen and oxygen atoms in total. The van der Waals surface area contributed by atoms with Gasteiger partial charge in [0.2, 0.25) is 0 Å². The number of aromatic nitrogens is 3. The van der Waals surface area contributed by atoms with Gasteiger partial charge in [-0.25, -0.2) is 4.98 Å². The van der Waals surface area contributed by atoms with Crippen molar-refractivity contribution in [1.29, 1.82) is 0 Å². The van der Waals surface area contributed by atoms with Crippen LogP contribution >= 0.6 is 0 Å². The van der Waals surface area contributed by atoms with Gasteiger partial charge in [-0.3, -0.25) is 4.90 Å². The van der Waals surface area contributed by atoms with E-state index in [2.05, 4.69) is 26.9 Å². The largest absolute Gasteiger partial charge is 0.492 e. The highest BCUT2D eigenvalue weighted by Gasteiger charge is 2.12. The molecule has 0 aliphatic carbocycles. The maximum atomic E-state index is 9.83. The molecule has 1 N–H and O–H groups in total. The lowest BCUT2D eigenvalue weighted by molar-refractivity contribution is 0.0322. The number of morpholine rings is 1. The van der Waals surface area contributed by atoms with Crippen LogP contribution in [0.5, 0.6) is 5.75 Å². The smallest absolute Gasteiger partial charge is 0.167 e. The van der Waals surface area contributed by atoms with E-state index in [-0.39, 0.29) is 0 Å². The fourth-order valence-corrected chi connectivity index (χ4v) is 4.13. The Labute approximate surface area is 216 Å². The third-order valence-corrected chi connectivity index (χ3v) is 6.17. The van der Waals surface area contributed by atoms with Crippen LogP contribution in [-0.4, -0.2) is 64.2 Å². The number of hydrogen-bond acceptors (Lipinski definition) is 7. The van der Waals surface area contributed by atoms with E-state index in [1.807, 2.05) is 65.4 Å². The van der Waals surface area contributed by atoms with Crippen molar-refractivity contribution >= 4 is 0 Å². The third-order valence-electron chi connectivity index (χ3n) is 6.17. The fourth-order valence-electron chi connectivity index (χ4n) is 4.13. The highest BCUT2D eigenvalue weighted by atomic mass is 16.5. The van der Waals surface area contributed by atoms with Crippen molar-refractivity contribution in [3.63, 3.8) is 0 Å². The number of nitrogens with zero attached hydrogens (tertiary/aromatic N) is 4. The number of benzene rings is 2. The van der Waals surface area contributed by atoms with E-state index in [9.17, 15) is 5.11 Å². The average Bonchev–Trinajstić information content (AvgIpc) is 3.59. The molecule has 1 saturated heterocycles. The monoisotopic (exact) mass is 498 g/mol. The van der Waals surface area contributed by atoms with Crippen LogP contribution in [0.2, 0.25) is 0 Å². The predicted octanol–water partition coefficient (Wildman–Crippen LogP) is 3.75. The van der Waals surface area contributed by atoms with Crippen molar-refractivity contribution in [2.24, 2.45) is 0 Å². The molecule has 4 aromatic rings. The quantitative estimate of drug-likeness (QED) is 0.370. The zero-order valence-electron chi connectivity index (χ0n) is 20.8. The highest BCUT2D eigenvalue weighted by Crippen LogP contribution is 2.22. The maximum absolute atomic E-state index is 9.83. The summed E-state index contributed by atoms with van der Waals surface area (Å²) in [7, 11) is 0. The van der Waals surface area contributed by atoms with Gasteiger partial charge in [0.05, 0.1) is 19.8 Å². The number of imidazole rings is 1. The standard InChI is InChI=1S/C29H30N4O4/c1-22(34)29-30-12-13-33(29)21-26-20-28(37-31-26)25-8-4-23(5-9-25)2-3-24-6-10-27(11-7-24)36-19-16-32-14-17-35-18-15-32/h4-13,20,22,34H,14-19,21H2,1H3/t22-/m0/s1. The highest BCUT2D eigenvalue weighted by molar-refractivity contribution is 5.59. The van der Waals surface area contributed by atoms with E-state index in [1.54, 1.807) is 13.1 Å². The van der Waals surface area contributed by atoms with E-state index in [0.717, 1.165) is 61.0 Å². The summed E-state index contributed by atoms with van der Waals surface area (Å²) in [5.41, 5.74) is 3.52. The van der Waals surface area contributed by atoms with Gasteiger partial charge in [-0.2, -0.15) is 0 Å². The van der Waals surface area contributed by atoms with Gasteiger partial charge in [-0.1, -0.05) is 17.0 Å². The first-order valence-electron chi connectivity index (χ1n) is 12.4.